The van der Waals surface area contributed by atoms with Crippen LogP contribution in [0.2, 0.25) is 0 Å². The lowest BCUT2D eigenvalue weighted by molar-refractivity contribution is 0.492. The highest BCUT2D eigenvalue weighted by Gasteiger charge is 2.17. The van der Waals surface area contributed by atoms with Crippen molar-refractivity contribution in [3.05, 3.63) is 6.33 Å². The molecule has 1 aliphatic heterocycles. The predicted octanol–water partition coefficient (Wildman–Crippen LogP) is 0.938. The highest BCUT2D eigenvalue weighted by molar-refractivity contribution is 5.74. The fourth-order valence-electron chi connectivity index (χ4n) is 2.04. The second-order valence-corrected chi connectivity index (χ2v) is 4.51. The molecular weight excluding hydrogens is 216 g/mol. The maximum absolute atomic E-state index is 6.11. The molecule has 0 spiro atoms. The molecule has 1 fully saturated rings. The van der Waals surface area contributed by atoms with E-state index in [1.165, 1.54) is 19.3 Å². The number of nitrogens with zero attached hydrogens (tertiary/aromatic N) is 4. The van der Waals surface area contributed by atoms with Gasteiger partial charge in [-0.25, -0.2) is 15.0 Å². The topological polar surface area (TPSA) is 70.3 Å². The van der Waals surface area contributed by atoms with Crippen molar-refractivity contribution in [1.29, 1.82) is 0 Å². The van der Waals surface area contributed by atoms with E-state index in [1.807, 2.05) is 19.1 Å². The van der Waals surface area contributed by atoms with Gasteiger partial charge >= 0.3 is 0 Å². The van der Waals surface area contributed by atoms with Crippen molar-refractivity contribution in [1.82, 2.24) is 15.0 Å². The Hall–Kier alpha value is -1.56. The zero-order valence-electron chi connectivity index (χ0n) is 10.5. The Morgan fingerprint density at radius 3 is 2.59 bits per heavy atom. The normalized spacial score (nSPS) is 16.3. The van der Waals surface area contributed by atoms with Gasteiger partial charge in [-0.1, -0.05) is 0 Å². The van der Waals surface area contributed by atoms with E-state index in [0.29, 0.717) is 11.5 Å². The molecule has 6 heteroatoms. The van der Waals surface area contributed by atoms with Gasteiger partial charge < -0.3 is 16.1 Å². The molecule has 1 aromatic rings. The molecule has 0 unspecified atom stereocenters. The number of nitrogen functional groups attached to an aromatic ring is 1. The largest absolute Gasteiger partial charge is 0.393 e. The molecule has 2 heterocycles. The minimum absolute atomic E-state index is 0.628. The number of hydrogen-bond acceptors (Lipinski definition) is 6. The summed E-state index contributed by atoms with van der Waals surface area (Å²) in [5, 5.41) is 1.82. The molecule has 2 rings (SSSR count). The van der Waals surface area contributed by atoms with Crippen LogP contribution in [0.25, 0.3) is 0 Å². The van der Waals surface area contributed by atoms with Crippen molar-refractivity contribution in [2.24, 2.45) is 0 Å². The van der Waals surface area contributed by atoms with Crippen molar-refractivity contribution >= 4 is 17.3 Å². The number of aromatic nitrogens is 2. The first kappa shape index (κ1) is 11.9. The summed E-state index contributed by atoms with van der Waals surface area (Å²) in [7, 11) is 3.81. The summed E-state index contributed by atoms with van der Waals surface area (Å²) in [4.78, 5) is 10.7. The van der Waals surface area contributed by atoms with E-state index in [4.69, 9.17) is 5.73 Å². The smallest absolute Gasteiger partial charge is 0.169 e. The van der Waals surface area contributed by atoms with Crippen LogP contribution in [-0.4, -0.2) is 42.2 Å². The maximum atomic E-state index is 6.11. The maximum Gasteiger partial charge on any atom is 0.169 e. The Balaban J connectivity index is 2.21. The molecule has 0 radical (unpaired) electrons. The molecule has 0 aliphatic carbocycles. The minimum Gasteiger partial charge on any atom is -0.393 e. The quantitative estimate of drug-likeness (QED) is 0.761. The molecule has 1 aliphatic rings. The van der Waals surface area contributed by atoms with Crippen molar-refractivity contribution in [3.8, 4) is 0 Å². The van der Waals surface area contributed by atoms with Crippen LogP contribution >= 0.6 is 0 Å². The van der Waals surface area contributed by atoms with Gasteiger partial charge in [-0.2, -0.15) is 0 Å². The van der Waals surface area contributed by atoms with Gasteiger partial charge in [0.25, 0.3) is 0 Å². The first-order chi connectivity index (χ1) is 8.18. The van der Waals surface area contributed by atoms with Gasteiger partial charge in [-0.15, -0.1) is 0 Å². The minimum atomic E-state index is 0.628. The summed E-state index contributed by atoms with van der Waals surface area (Å²) >= 11 is 0. The Morgan fingerprint density at radius 2 is 1.94 bits per heavy atom. The molecular formula is C11H20N6. The molecule has 6 nitrogen and oxygen atoms in total. The van der Waals surface area contributed by atoms with Gasteiger partial charge in [0.2, 0.25) is 0 Å². The molecule has 0 amide bonds. The molecule has 0 aromatic carbocycles. The van der Waals surface area contributed by atoms with Crippen LogP contribution in [0, 0.1) is 0 Å². The van der Waals surface area contributed by atoms with Crippen molar-refractivity contribution in [2.45, 2.75) is 19.3 Å². The van der Waals surface area contributed by atoms with Gasteiger partial charge in [-0.05, 0) is 19.3 Å². The third-order valence-electron chi connectivity index (χ3n) is 2.85. The Labute approximate surface area is 102 Å². The lowest BCUT2D eigenvalue weighted by Crippen LogP contribution is -2.31. The highest BCUT2D eigenvalue weighted by Crippen LogP contribution is 2.28. The average Bonchev–Trinajstić information content (AvgIpc) is 2.32. The van der Waals surface area contributed by atoms with E-state index in [0.717, 1.165) is 18.9 Å². The second-order valence-electron chi connectivity index (χ2n) is 4.51. The van der Waals surface area contributed by atoms with Crippen LogP contribution in [0.1, 0.15) is 19.3 Å². The van der Waals surface area contributed by atoms with Crippen LogP contribution in [0.5, 0.6) is 0 Å². The zero-order valence-corrected chi connectivity index (χ0v) is 10.5. The van der Waals surface area contributed by atoms with Crippen molar-refractivity contribution in [2.75, 3.05) is 43.2 Å². The predicted molar refractivity (Wildman–Crippen MR) is 69.8 cm³/mol. The second kappa shape index (κ2) is 5.18. The number of hydrogen-bond donors (Lipinski definition) is 2. The van der Waals surface area contributed by atoms with E-state index in [-0.39, 0.29) is 0 Å². The lowest BCUT2D eigenvalue weighted by atomic mass is 10.1. The molecule has 17 heavy (non-hydrogen) atoms. The van der Waals surface area contributed by atoms with Crippen LogP contribution in [-0.2, 0) is 0 Å². The van der Waals surface area contributed by atoms with Crippen LogP contribution in [0.3, 0.4) is 0 Å². The summed E-state index contributed by atoms with van der Waals surface area (Å²) < 4.78 is 0. The SMILES string of the molecule is CN(C)Nc1ncnc(N2CCCCC2)c1N. The number of rotatable bonds is 3. The highest BCUT2D eigenvalue weighted by atomic mass is 15.5. The molecule has 3 N–H and O–H groups in total. The number of anilines is 3. The van der Waals surface area contributed by atoms with Crippen molar-refractivity contribution < 1.29 is 0 Å². The summed E-state index contributed by atoms with van der Waals surface area (Å²) in [6.45, 7) is 2.06. The monoisotopic (exact) mass is 236 g/mol. The zero-order chi connectivity index (χ0) is 12.3. The summed E-state index contributed by atoms with van der Waals surface area (Å²) in [5.41, 5.74) is 9.82. The van der Waals surface area contributed by atoms with E-state index < -0.39 is 0 Å². The number of hydrazine groups is 1. The molecule has 0 saturated carbocycles. The van der Waals surface area contributed by atoms with Crippen LogP contribution in [0.15, 0.2) is 6.33 Å². The van der Waals surface area contributed by atoms with E-state index in [2.05, 4.69) is 20.3 Å². The summed E-state index contributed by atoms with van der Waals surface area (Å²) in [5.74, 6) is 1.52. The first-order valence-corrected chi connectivity index (χ1v) is 5.98. The Kier molecular flexibility index (Phi) is 3.63. The third-order valence-corrected chi connectivity index (χ3v) is 2.85. The van der Waals surface area contributed by atoms with Gasteiger partial charge in [-0.3, -0.25) is 0 Å². The molecule has 0 bridgehead atoms. The van der Waals surface area contributed by atoms with Crippen LogP contribution in [0.4, 0.5) is 17.3 Å². The Morgan fingerprint density at radius 1 is 1.24 bits per heavy atom. The summed E-state index contributed by atoms with van der Waals surface area (Å²) in [6.07, 6.45) is 5.27. The third kappa shape index (κ3) is 2.76. The van der Waals surface area contributed by atoms with Gasteiger partial charge in [0.05, 0.1) is 0 Å². The summed E-state index contributed by atoms with van der Waals surface area (Å²) in [6, 6.07) is 0. The van der Waals surface area contributed by atoms with E-state index in [9.17, 15) is 0 Å². The number of nitrogens with one attached hydrogen (secondary N) is 1. The number of nitrogens with two attached hydrogens (primary N) is 1. The van der Waals surface area contributed by atoms with Gasteiger partial charge in [0.15, 0.2) is 11.6 Å². The molecule has 0 atom stereocenters. The number of piperidine rings is 1. The molecule has 94 valence electrons. The van der Waals surface area contributed by atoms with E-state index in [1.54, 1.807) is 6.33 Å². The lowest BCUT2D eigenvalue weighted by Gasteiger charge is -2.29. The van der Waals surface area contributed by atoms with Crippen molar-refractivity contribution in [3.63, 3.8) is 0 Å². The fourth-order valence-corrected chi connectivity index (χ4v) is 2.04. The van der Waals surface area contributed by atoms with Crippen LogP contribution < -0.4 is 16.1 Å². The van der Waals surface area contributed by atoms with Gasteiger partial charge in [0.1, 0.15) is 12.0 Å². The fraction of sp³-hybridized carbons (Fsp3) is 0.636. The van der Waals surface area contributed by atoms with Gasteiger partial charge in [0, 0.05) is 27.2 Å². The Bertz CT molecular complexity index is 372. The average molecular weight is 236 g/mol. The standard InChI is InChI=1S/C11H20N6/c1-16(2)15-10-9(12)11(14-8-13-10)17-6-4-3-5-7-17/h8H,3-7,12H2,1-2H3,(H,13,14,15). The van der Waals surface area contributed by atoms with E-state index >= 15 is 0 Å². The first-order valence-electron chi connectivity index (χ1n) is 5.98. The molecule has 1 aromatic heterocycles. The molecule has 1 saturated heterocycles.